The number of hydrogen-bond acceptors (Lipinski definition) is 7. The van der Waals surface area contributed by atoms with E-state index in [4.69, 9.17) is 19.3 Å². The van der Waals surface area contributed by atoms with Crippen molar-refractivity contribution in [1.29, 1.82) is 0 Å². The fourth-order valence-corrected chi connectivity index (χ4v) is 2.67. The van der Waals surface area contributed by atoms with Crippen molar-refractivity contribution in [3.63, 3.8) is 0 Å². The van der Waals surface area contributed by atoms with Crippen molar-refractivity contribution in [2.75, 3.05) is 25.3 Å². The number of carbonyl (C=O) groups excluding carboxylic acids is 2. The molecule has 148 valence electrons. The highest BCUT2D eigenvalue weighted by atomic mass is 16.7. The molecule has 3 rings (SSSR count). The summed E-state index contributed by atoms with van der Waals surface area (Å²) in [5.41, 5.74) is 1.68. The molecule has 1 aliphatic heterocycles. The van der Waals surface area contributed by atoms with Crippen molar-refractivity contribution < 1.29 is 28.9 Å². The van der Waals surface area contributed by atoms with Crippen LogP contribution in [0.4, 0.5) is 5.69 Å². The number of amides is 1. The quantitative estimate of drug-likeness (QED) is 0.593. The molecule has 8 nitrogen and oxygen atoms in total. The Bertz CT molecular complexity index is 854. The first kappa shape index (κ1) is 19.5. The Morgan fingerprint density at radius 2 is 1.96 bits per heavy atom. The SMILES string of the molecule is C[C@H](OC(=O)c1ccccc1NCCO)C(=O)NCc1ccc2c(c1)OCO2. The summed E-state index contributed by atoms with van der Waals surface area (Å²) in [5.74, 6) is 0.280. The number of aliphatic hydroxyl groups is 1. The van der Waals surface area contributed by atoms with Crippen molar-refractivity contribution in [3.8, 4) is 11.5 Å². The molecule has 0 bridgehead atoms. The van der Waals surface area contributed by atoms with Crippen LogP contribution in [0.15, 0.2) is 42.5 Å². The number of esters is 1. The van der Waals surface area contributed by atoms with Crippen LogP contribution in [0.2, 0.25) is 0 Å². The van der Waals surface area contributed by atoms with Gasteiger partial charge in [-0.15, -0.1) is 0 Å². The average Bonchev–Trinajstić information content (AvgIpc) is 3.18. The lowest BCUT2D eigenvalue weighted by atomic mass is 10.1. The molecule has 0 fully saturated rings. The lowest BCUT2D eigenvalue weighted by Gasteiger charge is -2.15. The molecule has 8 heteroatoms. The maximum absolute atomic E-state index is 12.4. The fourth-order valence-electron chi connectivity index (χ4n) is 2.67. The molecule has 1 aliphatic rings. The van der Waals surface area contributed by atoms with Gasteiger partial charge in [0.15, 0.2) is 17.6 Å². The summed E-state index contributed by atoms with van der Waals surface area (Å²) in [6.45, 7) is 2.20. The van der Waals surface area contributed by atoms with Crippen LogP contribution in [0.3, 0.4) is 0 Å². The van der Waals surface area contributed by atoms with Gasteiger partial charge in [0, 0.05) is 18.8 Å². The molecule has 0 aromatic heterocycles. The summed E-state index contributed by atoms with van der Waals surface area (Å²) in [4.78, 5) is 24.7. The first-order valence-electron chi connectivity index (χ1n) is 8.89. The molecule has 0 saturated heterocycles. The van der Waals surface area contributed by atoms with Gasteiger partial charge in [0.2, 0.25) is 6.79 Å². The zero-order chi connectivity index (χ0) is 19.9. The molecule has 1 atom stereocenters. The zero-order valence-corrected chi connectivity index (χ0v) is 15.4. The molecule has 0 unspecified atom stereocenters. The number of anilines is 1. The molecule has 28 heavy (non-hydrogen) atoms. The Morgan fingerprint density at radius 3 is 2.79 bits per heavy atom. The maximum atomic E-state index is 12.4. The zero-order valence-electron chi connectivity index (χ0n) is 15.4. The predicted octanol–water partition coefficient (Wildman–Crippen LogP) is 1.68. The Labute approximate surface area is 162 Å². The first-order chi connectivity index (χ1) is 13.6. The van der Waals surface area contributed by atoms with E-state index in [1.165, 1.54) is 6.92 Å². The second kappa shape index (κ2) is 9.09. The second-order valence-corrected chi connectivity index (χ2v) is 6.15. The van der Waals surface area contributed by atoms with Crippen LogP contribution in [0.1, 0.15) is 22.8 Å². The van der Waals surface area contributed by atoms with Gasteiger partial charge in [0.05, 0.1) is 12.2 Å². The monoisotopic (exact) mass is 386 g/mol. The van der Waals surface area contributed by atoms with Gasteiger partial charge in [0.25, 0.3) is 5.91 Å². The van der Waals surface area contributed by atoms with Crippen LogP contribution in [0.5, 0.6) is 11.5 Å². The van der Waals surface area contributed by atoms with Crippen molar-refractivity contribution >= 4 is 17.6 Å². The number of ether oxygens (including phenoxy) is 3. The lowest BCUT2D eigenvalue weighted by Crippen LogP contribution is -2.35. The smallest absolute Gasteiger partial charge is 0.341 e. The Hall–Kier alpha value is -3.26. The molecule has 2 aromatic carbocycles. The van der Waals surface area contributed by atoms with Crippen LogP contribution < -0.4 is 20.1 Å². The van der Waals surface area contributed by atoms with Crippen LogP contribution in [-0.4, -0.2) is 43.0 Å². The summed E-state index contributed by atoms with van der Waals surface area (Å²) in [6, 6.07) is 12.2. The summed E-state index contributed by atoms with van der Waals surface area (Å²) in [5, 5.41) is 14.6. The Kier molecular flexibility index (Phi) is 6.33. The Balaban J connectivity index is 1.54. The minimum absolute atomic E-state index is 0.0674. The topological polar surface area (TPSA) is 106 Å². The number of rotatable bonds is 8. The van der Waals surface area contributed by atoms with Gasteiger partial charge >= 0.3 is 5.97 Å². The second-order valence-electron chi connectivity index (χ2n) is 6.15. The molecule has 0 saturated carbocycles. The summed E-state index contributed by atoms with van der Waals surface area (Å²) >= 11 is 0. The highest BCUT2D eigenvalue weighted by Crippen LogP contribution is 2.32. The van der Waals surface area contributed by atoms with E-state index in [-0.39, 0.29) is 19.9 Å². The van der Waals surface area contributed by atoms with Crippen LogP contribution >= 0.6 is 0 Å². The van der Waals surface area contributed by atoms with Gasteiger partial charge < -0.3 is 30.0 Å². The molecule has 0 radical (unpaired) electrons. The lowest BCUT2D eigenvalue weighted by molar-refractivity contribution is -0.129. The van der Waals surface area contributed by atoms with E-state index in [1.807, 2.05) is 6.07 Å². The molecular weight excluding hydrogens is 364 g/mol. The number of carbonyl (C=O) groups is 2. The minimum Gasteiger partial charge on any atom is -0.454 e. The largest absolute Gasteiger partial charge is 0.454 e. The molecule has 2 aromatic rings. The number of benzene rings is 2. The number of aliphatic hydroxyl groups excluding tert-OH is 1. The number of nitrogens with one attached hydrogen (secondary N) is 2. The van der Waals surface area contributed by atoms with Crippen molar-refractivity contribution in [1.82, 2.24) is 5.32 Å². The van der Waals surface area contributed by atoms with Crippen molar-refractivity contribution in [2.24, 2.45) is 0 Å². The molecule has 1 heterocycles. The highest BCUT2D eigenvalue weighted by molar-refractivity contribution is 5.97. The summed E-state index contributed by atoms with van der Waals surface area (Å²) in [6.07, 6.45) is -0.965. The van der Waals surface area contributed by atoms with Gasteiger partial charge in [-0.05, 0) is 36.8 Å². The molecule has 1 amide bonds. The summed E-state index contributed by atoms with van der Waals surface area (Å²) in [7, 11) is 0. The van der Waals surface area contributed by atoms with E-state index in [0.29, 0.717) is 29.3 Å². The van der Waals surface area contributed by atoms with Crippen LogP contribution in [0, 0.1) is 0 Å². The fraction of sp³-hybridized carbons (Fsp3) is 0.300. The van der Waals surface area contributed by atoms with Crippen LogP contribution in [-0.2, 0) is 16.1 Å². The summed E-state index contributed by atoms with van der Waals surface area (Å²) < 4.78 is 15.8. The molecule has 0 spiro atoms. The van der Waals surface area contributed by atoms with E-state index in [0.717, 1.165) is 5.56 Å². The van der Waals surface area contributed by atoms with Crippen LogP contribution in [0.25, 0.3) is 0 Å². The Morgan fingerprint density at radius 1 is 1.18 bits per heavy atom. The van der Waals surface area contributed by atoms with E-state index >= 15 is 0 Å². The van der Waals surface area contributed by atoms with Gasteiger partial charge in [-0.3, -0.25) is 4.79 Å². The molecule has 3 N–H and O–H groups in total. The maximum Gasteiger partial charge on any atom is 0.341 e. The third-order valence-corrected chi connectivity index (χ3v) is 4.13. The van der Waals surface area contributed by atoms with Gasteiger partial charge in [-0.2, -0.15) is 0 Å². The van der Waals surface area contributed by atoms with E-state index in [9.17, 15) is 9.59 Å². The number of hydrogen-bond donors (Lipinski definition) is 3. The first-order valence-corrected chi connectivity index (χ1v) is 8.89. The van der Waals surface area contributed by atoms with E-state index in [1.54, 1.807) is 36.4 Å². The number of para-hydroxylation sites is 1. The average molecular weight is 386 g/mol. The van der Waals surface area contributed by atoms with Crippen molar-refractivity contribution in [3.05, 3.63) is 53.6 Å². The molecule has 0 aliphatic carbocycles. The van der Waals surface area contributed by atoms with Gasteiger partial charge in [-0.1, -0.05) is 18.2 Å². The van der Waals surface area contributed by atoms with Gasteiger partial charge in [-0.25, -0.2) is 4.79 Å². The minimum atomic E-state index is -0.965. The van der Waals surface area contributed by atoms with E-state index in [2.05, 4.69) is 10.6 Å². The normalized spacial score (nSPS) is 12.9. The number of fused-ring (bicyclic) bond motifs is 1. The third kappa shape index (κ3) is 4.72. The van der Waals surface area contributed by atoms with Crippen molar-refractivity contribution in [2.45, 2.75) is 19.6 Å². The van der Waals surface area contributed by atoms with E-state index < -0.39 is 18.0 Å². The standard InChI is InChI=1S/C20H22N2O6/c1-13(28-20(25)15-4-2-3-5-16(15)21-8-9-23)19(24)22-11-14-6-7-17-18(10-14)27-12-26-17/h2-7,10,13,21,23H,8-9,11-12H2,1H3,(H,22,24)/t13-/m0/s1. The van der Waals surface area contributed by atoms with Gasteiger partial charge in [0.1, 0.15) is 0 Å². The molecular formula is C20H22N2O6. The predicted molar refractivity (Wildman–Crippen MR) is 101 cm³/mol. The third-order valence-electron chi connectivity index (χ3n) is 4.13. The highest BCUT2D eigenvalue weighted by Gasteiger charge is 2.21.